The van der Waals surface area contributed by atoms with E-state index in [1.165, 1.54) is 0 Å². The minimum atomic E-state index is 0.464. The predicted molar refractivity (Wildman–Crippen MR) is 121 cm³/mol. The maximum Gasteiger partial charge on any atom is 0.186 e. The number of halogens is 2. The van der Waals surface area contributed by atoms with Crippen molar-refractivity contribution in [1.82, 2.24) is 10.7 Å². The molecule has 0 heterocycles. The molecule has 0 saturated heterocycles. The lowest BCUT2D eigenvalue weighted by molar-refractivity contribution is 0.282. The number of methoxy groups -OCH3 is 1. The van der Waals surface area contributed by atoms with Gasteiger partial charge >= 0.3 is 0 Å². The van der Waals surface area contributed by atoms with E-state index in [0.29, 0.717) is 23.2 Å². The van der Waals surface area contributed by atoms with Crippen LogP contribution in [0.1, 0.15) is 18.1 Å². The van der Waals surface area contributed by atoms with Gasteiger partial charge in [-0.2, -0.15) is 5.10 Å². The predicted octanol–water partition coefficient (Wildman–Crippen LogP) is 4.46. The fourth-order valence-electron chi connectivity index (χ4n) is 2.06. The van der Waals surface area contributed by atoms with Gasteiger partial charge < -0.3 is 14.8 Å². The average Bonchev–Trinajstić information content (AvgIpc) is 2.62. The monoisotopic (exact) mass is 547 g/mol. The molecule has 0 fully saturated rings. The van der Waals surface area contributed by atoms with Gasteiger partial charge in [0.1, 0.15) is 6.61 Å². The molecule has 0 atom stereocenters. The van der Waals surface area contributed by atoms with E-state index >= 15 is 0 Å². The molecule has 2 aromatic carbocycles. The first kappa shape index (κ1) is 20.9. The molecule has 2 aromatic rings. The molecule has 0 aliphatic heterocycles. The molecule has 0 aromatic heterocycles. The minimum Gasteiger partial charge on any atom is -0.493 e. The summed E-state index contributed by atoms with van der Waals surface area (Å²) in [6.45, 7) is 3.18. The molecule has 2 rings (SSSR count). The molecule has 0 unspecified atom stereocenters. The summed E-state index contributed by atoms with van der Waals surface area (Å²) in [5, 5.41) is 7.58. The van der Waals surface area contributed by atoms with E-state index in [-0.39, 0.29) is 0 Å². The van der Waals surface area contributed by atoms with Crippen LogP contribution < -0.4 is 20.2 Å². The summed E-state index contributed by atoms with van der Waals surface area (Å²) in [5.74, 6) is 1.37. The molecule has 0 spiro atoms. The maximum absolute atomic E-state index is 5.98. The van der Waals surface area contributed by atoms with Crippen LogP contribution in [0.25, 0.3) is 0 Å². The second-order valence-corrected chi connectivity index (χ2v) is 7.66. The Bertz CT molecular complexity index is 785. The van der Waals surface area contributed by atoms with Crippen molar-refractivity contribution in [3.8, 4) is 11.5 Å². The Morgan fingerprint density at radius 1 is 1.31 bits per heavy atom. The number of thiocarbonyl (C=S) groups is 1. The van der Waals surface area contributed by atoms with E-state index < -0.39 is 0 Å². The fraction of sp³-hybridized carbons (Fsp3) is 0.222. The zero-order chi connectivity index (χ0) is 18.9. The normalized spacial score (nSPS) is 10.6. The smallest absolute Gasteiger partial charge is 0.186 e. The van der Waals surface area contributed by atoms with Gasteiger partial charge in [-0.1, -0.05) is 28.1 Å². The van der Waals surface area contributed by atoms with E-state index in [2.05, 4.69) is 54.4 Å². The van der Waals surface area contributed by atoms with Gasteiger partial charge in [0.15, 0.2) is 16.6 Å². The third-order valence-corrected chi connectivity index (χ3v) is 4.83. The van der Waals surface area contributed by atoms with Crippen LogP contribution in [0.2, 0.25) is 0 Å². The molecule has 0 amide bonds. The molecule has 5 nitrogen and oxygen atoms in total. The molecule has 0 saturated carbocycles. The first-order valence-electron chi connectivity index (χ1n) is 7.85. The number of benzene rings is 2. The van der Waals surface area contributed by atoms with Crippen LogP contribution in [-0.2, 0) is 6.61 Å². The Kier molecular flexibility index (Phi) is 8.60. The number of ether oxygens (including phenoxy) is 2. The van der Waals surface area contributed by atoms with Crippen molar-refractivity contribution >= 4 is 62.1 Å². The molecule has 26 heavy (non-hydrogen) atoms. The molecule has 138 valence electrons. The van der Waals surface area contributed by atoms with Crippen molar-refractivity contribution < 1.29 is 9.47 Å². The third kappa shape index (κ3) is 6.40. The number of rotatable bonds is 7. The second kappa shape index (κ2) is 10.7. The molecule has 8 heteroatoms. The lowest BCUT2D eigenvalue weighted by atomic mass is 10.2. The van der Waals surface area contributed by atoms with Gasteiger partial charge in [-0.05, 0) is 77.1 Å². The summed E-state index contributed by atoms with van der Waals surface area (Å²) < 4.78 is 13.4. The molecular formula is C18H19BrIN3O2S. The number of hydrogen-bond acceptors (Lipinski definition) is 4. The Morgan fingerprint density at radius 3 is 2.69 bits per heavy atom. The SMILES string of the molecule is CCNC(=S)N/N=C\c1cc(I)c(OCc2ccc(Br)cc2)c(OC)c1. The summed E-state index contributed by atoms with van der Waals surface area (Å²) in [4.78, 5) is 0. The number of nitrogens with zero attached hydrogens (tertiary/aromatic N) is 1. The Morgan fingerprint density at radius 2 is 2.04 bits per heavy atom. The zero-order valence-corrected chi connectivity index (χ0v) is 18.9. The highest BCUT2D eigenvalue weighted by molar-refractivity contribution is 14.1. The standard InChI is InChI=1S/C18H19BrIN3O2S/c1-3-21-18(26)23-22-10-13-8-15(20)17(16(9-13)24-2)25-11-12-4-6-14(19)7-5-12/h4-10H,3,11H2,1-2H3,(H2,21,23,26)/b22-10-. The largest absolute Gasteiger partial charge is 0.493 e. The van der Waals surface area contributed by atoms with Crippen LogP contribution in [0, 0.1) is 3.57 Å². The molecule has 2 N–H and O–H groups in total. The van der Waals surface area contributed by atoms with Crippen LogP contribution in [0.15, 0.2) is 46.0 Å². The highest BCUT2D eigenvalue weighted by Gasteiger charge is 2.11. The zero-order valence-electron chi connectivity index (χ0n) is 14.4. The summed E-state index contributed by atoms with van der Waals surface area (Å²) in [7, 11) is 1.62. The maximum atomic E-state index is 5.98. The first-order valence-corrected chi connectivity index (χ1v) is 10.1. The van der Waals surface area contributed by atoms with Crippen molar-refractivity contribution in [1.29, 1.82) is 0 Å². The van der Waals surface area contributed by atoms with E-state index in [4.69, 9.17) is 21.7 Å². The van der Waals surface area contributed by atoms with Crippen LogP contribution in [0.4, 0.5) is 0 Å². The van der Waals surface area contributed by atoms with E-state index in [0.717, 1.165) is 25.7 Å². The van der Waals surface area contributed by atoms with Gasteiger partial charge in [-0.25, -0.2) is 0 Å². The topological polar surface area (TPSA) is 54.9 Å². The van der Waals surface area contributed by atoms with Gasteiger partial charge in [0.2, 0.25) is 0 Å². The number of nitrogens with one attached hydrogen (secondary N) is 2. The molecule has 0 radical (unpaired) electrons. The third-order valence-electron chi connectivity index (χ3n) is 3.27. The number of hydrazone groups is 1. The lowest BCUT2D eigenvalue weighted by Gasteiger charge is -2.13. The molecular weight excluding hydrogens is 529 g/mol. The molecule has 0 aliphatic rings. The molecule has 0 aliphatic carbocycles. The van der Waals surface area contributed by atoms with Gasteiger partial charge in [-0.3, -0.25) is 5.43 Å². The fourth-order valence-corrected chi connectivity index (χ4v) is 3.30. The highest BCUT2D eigenvalue weighted by atomic mass is 127. The highest BCUT2D eigenvalue weighted by Crippen LogP contribution is 2.34. The van der Waals surface area contributed by atoms with Crippen molar-refractivity contribution in [2.24, 2.45) is 5.10 Å². The van der Waals surface area contributed by atoms with Crippen molar-refractivity contribution in [2.45, 2.75) is 13.5 Å². The number of hydrogen-bond donors (Lipinski definition) is 2. The van der Waals surface area contributed by atoms with Crippen molar-refractivity contribution in [2.75, 3.05) is 13.7 Å². The summed E-state index contributed by atoms with van der Waals surface area (Å²) in [6, 6.07) is 11.9. The van der Waals surface area contributed by atoms with Gasteiger partial charge in [0.25, 0.3) is 0 Å². The second-order valence-electron chi connectivity index (χ2n) is 5.18. The van der Waals surface area contributed by atoms with E-state index in [1.54, 1.807) is 13.3 Å². The van der Waals surface area contributed by atoms with Crippen LogP contribution in [0.3, 0.4) is 0 Å². The summed E-state index contributed by atoms with van der Waals surface area (Å²) >= 11 is 10.7. The van der Waals surface area contributed by atoms with Gasteiger partial charge in [-0.15, -0.1) is 0 Å². The minimum absolute atomic E-state index is 0.464. The van der Waals surface area contributed by atoms with E-state index in [9.17, 15) is 0 Å². The molecule has 0 bridgehead atoms. The average molecular weight is 548 g/mol. The summed E-state index contributed by atoms with van der Waals surface area (Å²) in [6.07, 6.45) is 1.69. The summed E-state index contributed by atoms with van der Waals surface area (Å²) in [5.41, 5.74) is 4.73. The van der Waals surface area contributed by atoms with E-state index in [1.807, 2.05) is 43.3 Å². The Hall–Kier alpha value is -1.39. The Labute approximate surface area is 180 Å². The van der Waals surface area contributed by atoms with Crippen molar-refractivity contribution in [3.63, 3.8) is 0 Å². The first-order chi connectivity index (χ1) is 12.5. The van der Waals surface area contributed by atoms with Crippen LogP contribution >= 0.6 is 50.7 Å². The van der Waals surface area contributed by atoms with Crippen LogP contribution in [0.5, 0.6) is 11.5 Å². The van der Waals surface area contributed by atoms with Gasteiger partial charge in [0, 0.05) is 11.0 Å². The van der Waals surface area contributed by atoms with Crippen LogP contribution in [-0.4, -0.2) is 25.0 Å². The Balaban J connectivity index is 2.09. The van der Waals surface area contributed by atoms with Gasteiger partial charge in [0.05, 0.1) is 16.9 Å². The lowest BCUT2D eigenvalue weighted by Crippen LogP contribution is -2.31. The van der Waals surface area contributed by atoms with Crippen molar-refractivity contribution in [3.05, 3.63) is 55.6 Å². The quantitative estimate of drug-likeness (QED) is 0.232.